The zero-order valence-electron chi connectivity index (χ0n) is 20.3. The highest BCUT2D eigenvalue weighted by Gasteiger charge is 2.23. The number of aliphatic hydroxyl groups is 1. The summed E-state index contributed by atoms with van der Waals surface area (Å²) in [5.41, 5.74) is 3.94. The molecule has 0 spiro atoms. The zero-order chi connectivity index (χ0) is 22.9. The minimum atomic E-state index is -0.115. The van der Waals surface area contributed by atoms with E-state index >= 15 is 0 Å². The number of guanidine groups is 1. The highest BCUT2D eigenvalue weighted by molar-refractivity contribution is 14.0. The molecule has 2 aromatic rings. The molecule has 2 aliphatic heterocycles. The van der Waals surface area contributed by atoms with Gasteiger partial charge in [0.05, 0.1) is 12.1 Å². The molecule has 7 heteroatoms. The van der Waals surface area contributed by atoms with E-state index in [0.717, 1.165) is 64.6 Å². The molecule has 1 unspecified atom stereocenters. The van der Waals surface area contributed by atoms with Crippen LogP contribution in [0.5, 0.6) is 0 Å². The Morgan fingerprint density at radius 3 is 2.24 bits per heavy atom. The Bertz CT molecular complexity index is 862. The van der Waals surface area contributed by atoms with E-state index in [2.05, 4.69) is 80.0 Å². The molecule has 2 aromatic carbocycles. The van der Waals surface area contributed by atoms with E-state index in [0.29, 0.717) is 6.04 Å². The predicted molar refractivity (Wildman–Crippen MR) is 151 cm³/mol. The van der Waals surface area contributed by atoms with Gasteiger partial charge in [0, 0.05) is 39.8 Å². The molecule has 0 saturated carbocycles. The Kier molecular flexibility index (Phi) is 11.1. The molecule has 0 amide bonds. The quantitative estimate of drug-likeness (QED) is 0.254. The lowest BCUT2D eigenvalue weighted by atomic mass is 10.1. The Morgan fingerprint density at radius 1 is 0.941 bits per heavy atom. The molecular formula is C27H40IN5O. The Hall–Kier alpha value is -1.68. The summed E-state index contributed by atoms with van der Waals surface area (Å²) in [7, 11) is 1.83. The van der Waals surface area contributed by atoms with Gasteiger partial charge in [-0.25, -0.2) is 0 Å². The summed E-state index contributed by atoms with van der Waals surface area (Å²) in [5, 5.41) is 16.7. The van der Waals surface area contributed by atoms with Gasteiger partial charge in [0.1, 0.15) is 0 Å². The second-order valence-corrected chi connectivity index (χ2v) is 9.30. The summed E-state index contributed by atoms with van der Waals surface area (Å²) < 4.78 is 0. The number of hydrogen-bond acceptors (Lipinski definition) is 4. The fourth-order valence-electron chi connectivity index (χ4n) is 4.88. The monoisotopic (exact) mass is 577 g/mol. The highest BCUT2D eigenvalue weighted by Crippen LogP contribution is 2.24. The summed E-state index contributed by atoms with van der Waals surface area (Å²) in [4.78, 5) is 9.45. The lowest BCUT2D eigenvalue weighted by Gasteiger charge is -2.29. The first-order valence-corrected chi connectivity index (χ1v) is 12.4. The van der Waals surface area contributed by atoms with Crippen LogP contribution in [0, 0.1) is 0 Å². The molecule has 6 nitrogen and oxygen atoms in total. The summed E-state index contributed by atoms with van der Waals surface area (Å²) in [6.07, 6.45) is 4.22. The third kappa shape index (κ3) is 7.93. The van der Waals surface area contributed by atoms with Crippen LogP contribution in [0.1, 0.15) is 48.4 Å². The van der Waals surface area contributed by atoms with Crippen molar-refractivity contribution in [2.24, 2.45) is 4.99 Å². The van der Waals surface area contributed by atoms with Crippen LogP contribution in [-0.2, 0) is 13.1 Å². The molecule has 2 aliphatic rings. The molecule has 186 valence electrons. The van der Waals surface area contributed by atoms with Gasteiger partial charge in [-0.2, -0.15) is 0 Å². The van der Waals surface area contributed by atoms with Crippen molar-refractivity contribution in [3.63, 3.8) is 0 Å². The highest BCUT2D eigenvalue weighted by atomic mass is 127. The number of rotatable bonds is 8. The van der Waals surface area contributed by atoms with Crippen molar-refractivity contribution in [2.75, 3.05) is 39.8 Å². The first kappa shape index (κ1) is 26.9. The number of piperidine rings is 1. The van der Waals surface area contributed by atoms with Crippen LogP contribution in [0.25, 0.3) is 0 Å². The second-order valence-electron chi connectivity index (χ2n) is 9.30. The maximum Gasteiger partial charge on any atom is 0.191 e. The zero-order valence-corrected chi connectivity index (χ0v) is 22.7. The van der Waals surface area contributed by atoms with Crippen molar-refractivity contribution >= 4 is 29.9 Å². The van der Waals surface area contributed by atoms with E-state index in [-0.39, 0.29) is 30.1 Å². The number of benzene rings is 2. The van der Waals surface area contributed by atoms with Crippen molar-refractivity contribution in [2.45, 2.75) is 50.9 Å². The summed E-state index contributed by atoms with van der Waals surface area (Å²) in [6, 6.07) is 20.0. The third-order valence-corrected chi connectivity index (χ3v) is 6.90. The molecule has 1 atom stereocenters. The normalized spacial score (nSPS) is 18.9. The number of hydrogen-bond donors (Lipinski definition) is 3. The van der Waals surface area contributed by atoms with Gasteiger partial charge in [-0.05, 0) is 55.5 Å². The smallest absolute Gasteiger partial charge is 0.191 e. The number of halogens is 1. The van der Waals surface area contributed by atoms with Crippen LogP contribution < -0.4 is 10.6 Å². The number of nitrogens with one attached hydrogen (secondary N) is 2. The van der Waals surface area contributed by atoms with Crippen LogP contribution in [0.3, 0.4) is 0 Å². The number of likely N-dealkylation sites (tertiary alicyclic amines) is 2. The van der Waals surface area contributed by atoms with E-state index in [4.69, 9.17) is 0 Å². The van der Waals surface area contributed by atoms with E-state index in [1.807, 2.05) is 7.05 Å². The molecule has 0 aliphatic carbocycles. The second kappa shape index (κ2) is 14.0. The minimum absolute atomic E-state index is 0. The minimum Gasteiger partial charge on any atom is -0.393 e. The lowest BCUT2D eigenvalue weighted by molar-refractivity contribution is 0.0792. The molecule has 0 bridgehead atoms. The van der Waals surface area contributed by atoms with Crippen LogP contribution >= 0.6 is 24.0 Å². The van der Waals surface area contributed by atoms with E-state index in [9.17, 15) is 5.11 Å². The fourth-order valence-corrected chi connectivity index (χ4v) is 4.88. The molecule has 2 heterocycles. The van der Waals surface area contributed by atoms with Crippen molar-refractivity contribution < 1.29 is 5.11 Å². The topological polar surface area (TPSA) is 63.1 Å². The summed E-state index contributed by atoms with van der Waals surface area (Å²) in [6.45, 7) is 6.83. The first-order valence-electron chi connectivity index (χ1n) is 12.4. The Balaban J connectivity index is 0.00000324. The van der Waals surface area contributed by atoms with Crippen LogP contribution in [-0.4, -0.2) is 66.7 Å². The average Bonchev–Trinajstić information content (AvgIpc) is 3.39. The molecule has 3 N–H and O–H groups in total. The van der Waals surface area contributed by atoms with Crippen molar-refractivity contribution in [3.05, 3.63) is 71.3 Å². The molecule has 2 fully saturated rings. The van der Waals surface area contributed by atoms with Crippen LogP contribution in [0.15, 0.2) is 59.6 Å². The Labute approximate surface area is 221 Å². The van der Waals surface area contributed by atoms with Crippen molar-refractivity contribution in [1.82, 2.24) is 20.4 Å². The van der Waals surface area contributed by atoms with Crippen molar-refractivity contribution in [3.8, 4) is 0 Å². The SMILES string of the molecule is CN=C(NCc1ccc(CN2CCC(O)CC2)cc1)NCC(c1ccccc1)N1CCCC1.I. The van der Waals surface area contributed by atoms with Gasteiger partial charge in [0.15, 0.2) is 5.96 Å². The van der Waals surface area contributed by atoms with E-state index < -0.39 is 0 Å². The van der Waals surface area contributed by atoms with Crippen LogP contribution in [0.4, 0.5) is 0 Å². The molecule has 34 heavy (non-hydrogen) atoms. The van der Waals surface area contributed by atoms with Gasteiger partial charge in [-0.3, -0.25) is 14.8 Å². The lowest BCUT2D eigenvalue weighted by Crippen LogP contribution is -2.42. The fraction of sp³-hybridized carbons (Fsp3) is 0.519. The molecule has 4 rings (SSSR count). The van der Waals surface area contributed by atoms with Crippen molar-refractivity contribution in [1.29, 1.82) is 0 Å². The van der Waals surface area contributed by atoms with Gasteiger partial charge >= 0.3 is 0 Å². The van der Waals surface area contributed by atoms with Gasteiger partial charge in [0.2, 0.25) is 0 Å². The maximum atomic E-state index is 9.68. The van der Waals surface area contributed by atoms with Gasteiger partial charge < -0.3 is 15.7 Å². The standard InChI is InChI=1S/C27H39N5O.HI/c1-28-27(30-20-26(32-15-5-6-16-32)24-7-3-2-4-8-24)29-19-22-9-11-23(12-10-22)21-31-17-13-25(33)14-18-31;/h2-4,7-12,25-26,33H,5-6,13-21H2,1H3,(H2,28,29,30);1H. The van der Waals surface area contributed by atoms with Gasteiger partial charge in [0.25, 0.3) is 0 Å². The number of nitrogens with zero attached hydrogens (tertiary/aromatic N) is 3. The first-order chi connectivity index (χ1) is 16.2. The molecule has 0 aromatic heterocycles. The maximum absolute atomic E-state index is 9.68. The average molecular weight is 578 g/mol. The third-order valence-electron chi connectivity index (χ3n) is 6.90. The summed E-state index contributed by atoms with van der Waals surface area (Å²) >= 11 is 0. The van der Waals surface area contributed by atoms with E-state index in [1.165, 1.54) is 29.5 Å². The number of aliphatic hydroxyl groups excluding tert-OH is 1. The molecular weight excluding hydrogens is 537 g/mol. The van der Waals surface area contributed by atoms with Gasteiger partial charge in [-0.15, -0.1) is 24.0 Å². The molecule has 2 saturated heterocycles. The van der Waals surface area contributed by atoms with Crippen LogP contribution in [0.2, 0.25) is 0 Å². The van der Waals surface area contributed by atoms with Gasteiger partial charge in [-0.1, -0.05) is 54.6 Å². The number of aliphatic imine (C=N–C) groups is 1. The van der Waals surface area contributed by atoms with E-state index in [1.54, 1.807) is 0 Å². The summed E-state index contributed by atoms with van der Waals surface area (Å²) in [5.74, 6) is 0.839. The largest absolute Gasteiger partial charge is 0.393 e. The predicted octanol–water partition coefficient (Wildman–Crippen LogP) is 3.76. The molecule has 0 radical (unpaired) electrons. The Morgan fingerprint density at radius 2 is 1.59 bits per heavy atom.